The molecule has 9 heteroatoms. The lowest BCUT2D eigenvalue weighted by molar-refractivity contribution is -0.723. The summed E-state index contributed by atoms with van der Waals surface area (Å²) < 4.78 is 18.7. The number of nitrogen functional groups attached to an aromatic ring is 1. The number of nitrogens with two attached hydrogens (primary N) is 1. The first kappa shape index (κ1) is 22.6. The van der Waals surface area contributed by atoms with Crippen molar-refractivity contribution in [2.45, 2.75) is 39.3 Å². The van der Waals surface area contributed by atoms with Crippen LogP contribution in [0.2, 0.25) is 0 Å². The highest BCUT2D eigenvalue weighted by Gasteiger charge is 2.23. The van der Waals surface area contributed by atoms with Gasteiger partial charge in [0.2, 0.25) is 5.88 Å². The number of ether oxygens (including phenoxy) is 3. The van der Waals surface area contributed by atoms with E-state index in [1.54, 1.807) is 26.4 Å². The van der Waals surface area contributed by atoms with Crippen LogP contribution >= 0.6 is 0 Å². The van der Waals surface area contributed by atoms with Gasteiger partial charge in [-0.05, 0) is 28.7 Å². The van der Waals surface area contributed by atoms with Gasteiger partial charge in [-0.2, -0.15) is 0 Å². The molecule has 0 aliphatic heterocycles. The van der Waals surface area contributed by atoms with Crippen molar-refractivity contribution in [2.75, 3.05) is 33.2 Å². The van der Waals surface area contributed by atoms with Crippen molar-refractivity contribution >= 4 is 17.4 Å². The minimum atomic E-state index is -0.100. The van der Waals surface area contributed by atoms with Crippen LogP contribution in [0.3, 0.4) is 0 Å². The van der Waals surface area contributed by atoms with Gasteiger partial charge in [0.1, 0.15) is 6.61 Å². The smallest absolute Gasteiger partial charge is 0.401 e. The van der Waals surface area contributed by atoms with Gasteiger partial charge in [0.25, 0.3) is 5.65 Å². The molecule has 0 fully saturated rings. The normalized spacial score (nSPS) is 11.8. The largest absolute Gasteiger partial charge is 0.473 e. The van der Waals surface area contributed by atoms with Gasteiger partial charge in [-0.3, -0.25) is 10.5 Å². The van der Waals surface area contributed by atoms with Crippen LogP contribution < -0.4 is 15.2 Å². The van der Waals surface area contributed by atoms with E-state index in [0.29, 0.717) is 36.9 Å². The molecule has 0 unspecified atom stereocenters. The molecule has 0 bridgehead atoms. The van der Waals surface area contributed by atoms with Gasteiger partial charge in [-0.25, -0.2) is 0 Å². The minimum Gasteiger partial charge on any atom is -0.473 e. The fraction of sp³-hybridized carbons (Fsp3) is 0.455. The van der Waals surface area contributed by atoms with E-state index in [1.807, 2.05) is 12.1 Å². The molecule has 0 aliphatic rings. The number of carbonyl (C=O) groups excluding carboxylic acids is 1. The van der Waals surface area contributed by atoms with Crippen LogP contribution in [0.1, 0.15) is 42.3 Å². The van der Waals surface area contributed by atoms with Crippen LogP contribution in [0.15, 0.2) is 30.3 Å². The van der Waals surface area contributed by atoms with E-state index >= 15 is 0 Å². The standard InChI is InChI=1S/C22H29N5O4/c1-22(2,3)17-11-15(14-30-5)10-16(12-17)18(28)13-26-21(23)27-19(24-26)6-7-20(25-27)31-9-8-29-4/h6-7,10-12,23H,8-9,13-14H2,1-5H3/p+1. The molecule has 3 rings (SSSR count). The molecule has 0 amide bonds. The third-order valence-corrected chi connectivity index (χ3v) is 4.82. The van der Waals surface area contributed by atoms with E-state index in [2.05, 4.69) is 37.0 Å². The Bertz CT molecular complexity index is 1070. The van der Waals surface area contributed by atoms with Gasteiger partial charge in [0.05, 0.1) is 13.2 Å². The first-order valence-electron chi connectivity index (χ1n) is 10.1. The highest BCUT2D eigenvalue weighted by molar-refractivity contribution is 5.95. The number of hydrogen-bond acceptors (Lipinski definition) is 7. The average molecular weight is 429 g/mol. The van der Waals surface area contributed by atoms with Gasteiger partial charge in [0.15, 0.2) is 12.3 Å². The molecule has 2 N–H and O–H groups in total. The Morgan fingerprint density at radius 2 is 1.90 bits per heavy atom. The van der Waals surface area contributed by atoms with Crippen LogP contribution in [-0.2, 0) is 28.0 Å². The number of rotatable bonds is 9. The van der Waals surface area contributed by atoms with Crippen molar-refractivity contribution in [1.29, 1.82) is 0 Å². The molecule has 1 aromatic carbocycles. The van der Waals surface area contributed by atoms with E-state index in [0.717, 1.165) is 11.1 Å². The second kappa shape index (κ2) is 9.40. The Balaban J connectivity index is 1.87. The number of hydrogen-bond donors (Lipinski definition) is 1. The molecular formula is C22H30N5O4+. The van der Waals surface area contributed by atoms with Gasteiger partial charge in [-0.1, -0.05) is 41.6 Å². The monoisotopic (exact) mass is 428 g/mol. The molecule has 3 aromatic rings. The zero-order valence-electron chi connectivity index (χ0n) is 18.7. The van der Waals surface area contributed by atoms with Crippen molar-refractivity contribution < 1.29 is 23.7 Å². The van der Waals surface area contributed by atoms with Crippen LogP contribution in [0.25, 0.3) is 5.65 Å². The predicted octanol–water partition coefficient (Wildman–Crippen LogP) is 1.95. The van der Waals surface area contributed by atoms with Crippen molar-refractivity contribution in [2.24, 2.45) is 0 Å². The van der Waals surface area contributed by atoms with Gasteiger partial charge < -0.3 is 14.2 Å². The number of Topliss-reactive ketones (excluding diaryl/α,β-unsaturated/α-hetero) is 1. The minimum absolute atomic E-state index is 0.00488. The van der Waals surface area contributed by atoms with Gasteiger partial charge in [0, 0.05) is 31.9 Å². The number of anilines is 1. The summed E-state index contributed by atoms with van der Waals surface area (Å²) in [6, 6.07) is 9.29. The molecule has 0 atom stereocenters. The van der Waals surface area contributed by atoms with E-state index in [9.17, 15) is 4.79 Å². The number of fused-ring (bicyclic) bond motifs is 1. The Morgan fingerprint density at radius 3 is 2.58 bits per heavy atom. The fourth-order valence-corrected chi connectivity index (χ4v) is 3.11. The molecule has 0 saturated carbocycles. The third-order valence-electron chi connectivity index (χ3n) is 4.82. The highest BCUT2D eigenvalue weighted by atomic mass is 16.5. The SMILES string of the molecule is COCCOc1ccc2n[n+](CC(=O)c3cc(COC)cc(C(C)(C)C)c3)c(N)n2n1. The highest BCUT2D eigenvalue weighted by Crippen LogP contribution is 2.25. The number of ketones is 1. The summed E-state index contributed by atoms with van der Waals surface area (Å²) >= 11 is 0. The van der Waals surface area contributed by atoms with Crippen molar-refractivity contribution in [3.63, 3.8) is 0 Å². The Morgan fingerprint density at radius 1 is 1.13 bits per heavy atom. The summed E-state index contributed by atoms with van der Waals surface area (Å²) in [6.07, 6.45) is 0. The lowest BCUT2D eigenvalue weighted by Crippen LogP contribution is -2.42. The number of methoxy groups -OCH3 is 2. The Kier molecular flexibility index (Phi) is 6.87. The Hall–Kier alpha value is -3.04. The Labute approximate surface area is 181 Å². The zero-order chi connectivity index (χ0) is 22.6. The van der Waals surface area contributed by atoms with E-state index in [1.165, 1.54) is 9.20 Å². The maximum Gasteiger partial charge on any atom is 0.401 e. The van der Waals surface area contributed by atoms with Crippen molar-refractivity contribution in [1.82, 2.24) is 14.7 Å². The molecule has 0 saturated heterocycles. The molecular weight excluding hydrogens is 398 g/mol. The van der Waals surface area contributed by atoms with Crippen LogP contribution in [-0.4, -0.2) is 47.9 Å². The van der Waals surface area contributed by atoms with E-state index < -0.39 is 0 Å². The molecule has 2 aromatic heterocycles. The molecule has 0 aliphatic carbocycles. The van der Waals surface area contributed by atoms with Gasteiger partial charge in [-0.15, -0.1) is 4.68 Å². The number of nitrogens with zero attached hydrogens (tertiary/aromatic N) is 4. The second-order valence-electron chi connectivity index (χ2n) is 8.32. The van der Waals surface area contributed by atoms with Crippen LogP contribution in [0.5, 0.6) is 5.88 Å². The summed E-state index contributed by atoms with van der Waals surface area (Å²) in [4.78, 5) is 13.1. The molecule has 0 spiro atoms. The molecule has 2 heterocycles. The van der Waals surface area contributed by atoms with Crippen molar-refractivity contribution in [3.05, 3.63) is 47.0 Å². The summed E-state index contributed by atoms with van der Waals surface area (Å²) in [5, 5.41) is 8.75. The topological polar surface area (TPSA) is 105 Å². The predicted molar refractivity (Wildman–Crippen MR) is 115 cm³/mol. The molecule has 166 valence electrons. The quantitative estimate of drug-likeness (QED) is 0.315. The second-order valence-corrected chi connectivity index (χ2v) is 8.32. The number of benzene rings is 1. The lowest BCUT2D eigenvalue weighted by atomic mass is 9.84. The van der Waals surface area contributed by atoms with Crippen LogP contribution in [0.4, 0.5) is 5.95 Å². The van der Waals surface area contributed by atoms with Crippen LogP contribution in [0, 0.1) is 0 Å². The van der Waals surface area contributed by atoms with E-state index in [4.69, 9.17) is 19.9 Å². The summed E-state index contributed by atoms with van der Waals surface area (Å²) in [7, 11) is 3.24. The summed E-state index contributed by atoms with van der Waals surface area (Å²) in [5.74, 6) is 0.541. The maximum atomic E-state index is 13.1. The first-order valence-corrected chi connectivity index (χ1v) is 10.1. The van der Waals surface area contributed by atoms with Crippen molar-refractivity contribution in [3.8, 4) is 5.88 Å². The molecule has 0 radical (unpaired) electrons. The number of aromatic nitrogens is 4. The zero-order valence-corrected chi connectivity index (χ0v) is 18.7. The number of carbonyl (C=O) groups is 1. The fourth-order valence-electron chi connectivity index (χ4n) is 3.11. The lowest BCUT2D eigenvalue weighted by Gasteiger charge is -2.21. The van der Waals surface area contributed by atoms with E-state index in [-0.39, 0.29) is 23.7 Å². The van der Waals surface area contributed by atoms with Gasteiger partial charge >= 0.3 is 5.95 Å². The third kappa shape index (κ3) is 5.36. The molecule has 31 heavy (non-hydrogen) atoms. The first-order chi connectivity index (χ1) is 14.7. The molecule has 9 nitrogen and oxygen atoms in total. The average Bonchev–Trinajstić information content (AvgIpc) is 3.02. The summed E-state index contributed by atoms with van der Waals surface area (Å²) in [6.45, 7) is 7.58. The maximum absolute atomic E-state index is 13.1. The summed E-state index contributed by atoms with van der Waals surface area (Å²) in [5.41, 5.74) is 9.25.